The molecule has 3 aromatic rings. The summed E-state index contributed by atoms with van der Waals surface area (Å²) in [5.41, 5.74) is 2.91. The molecule has 0 unspecified atom stereocenters. The summed E-state index contributed by atoms with van der Waals surface area (Å²) in [4.78, 5) is 25.4. The zero-order valence-electron chi connectivity index (χ0n) is 14.9. The Morgan fingerprint density at radius 2 is 1.92 bits per heavy atom. The van der Waals surface area contributed by atoms with Crippen LogP contribution in [0, 0.1) is 0 Å². The lowest BCUT2D eigenvalue weighted by molar-refractivity contribution is 0.331. The monoisotopic (exact) mass is 349 g/mol. The SMILES string of the molecule is C[C@H](Nc1ncc2ccc(=O)[nH]c2n1)c1ccc(CN2CCCC2)cc1. The van der Waals surface area contributed by atoms with Gasteiger partial charge in [-0.1, -0.05) is 24.3 Å². The first-order chi connectivity index (χ1) is 12.7. The van der Waals surface area contributed by atoms with Crippen molar-refractivity contribution in [3.8, 4) is 0 Å². The van der Waals surface area contributed by atoms with Crippen molar-refractivity contribution in [1.29, 1.82) is 0 Å². The van der Waals surface area contributed by atoms with Gasteiger partial charge in [-0.2, -0.15) is 4.98 Å². The van der Waals surface area contributed by atoms with Crippen molar-refractivity contribution < 1.29 is 0 Å². The summed E-state index contributed by atoms with van der Waals surface area (Å²) < 4.78 is 0. The summed E-state index contributed by atoms with van der Waals surface area (Å²) in [6.45, 7) is 5.53. The van der Waals surface area contributed by atoms with Crippen LogP contribution in [0.4, 0.5) is 5.95 Å². The van der Waals surface area contributed by atoms with Gasteiger partial charge in [0.05, 0.1) is 6.04 Å². The second-order valence-electron chi connectivity index (χ2n) is 6.91. The quantitative estimate of drug-likeness (QED) is 0.740. The fourth-order valence-corrected chi connectivity index (χ4v) is 3.39. The number of anilines is 1. The number of nitrogens with zero attached hydrogens (tertiary/aromatic N) is 3. The zero-order chi connectivity index (χ0) is 17.9. The molecule has 6 heteroatoms. The molecule has 0 saturated carbocycles. The van der Waals surface area contributed by atoms with Gasteiger partial charge in [0.2, 0.25) is 11.5 Å². The topological polar surface area (TPSA) is 73.9 Å². The number of likely N-dealkylation sites (tertiary alicyclic amines) is 1. The molecule has 4 rings (SSSR count). The van der Waals surface area contributed by atoms with Crippen molar-refractivity contribution >= 4 is 17.0 Å². The minimum Gasteiger partial charge on any atom is -0.348 e. The molecule has 0 radical (unpaired) electrons. The van der Waals surface area contributed by atoms with Crippen LogP contribution in [-0.2, 0) is 6.54 Å². The van der Waals surface area contributed by atoms with Gasteiger partial charge in [-0.05, 0) is 50.0 Å². The molecule has 1 fully saturated rings. The van der Waals surface area contributed by atoms with Crippen molar-refractivity contribution in [3.63, 3.8) is 0 Å². The van der Waals surface area contributed by atoms with Gasteiger partial charge in [0.15, 0.2) is 0 Å². The number of benzene rings is 1. The molecule has 134 valence electrons. The molecule has 1 aliphatic heterocycles. The number of aromatic amines is 1. The van der Waals surface area contributed by atoms with Gasteiger partial charge in [0, 0.05) is 24.2 Å². The highest BCUT2D eigenvalue weighted by Gasteiger charge is 2.12. The maximum Gasteiger partial charge on any atom is 0.249 e. The van der Waals surface area contributed by atoms with E-state index < -0.39 is 0 Å². The molecule has 1 atom stereocenters. The number of nitrogens with one attached hydrogen (secondary N) is 2. The first-order valence-electron chi connectivity index (χ1n) is 9.11. The van der Waals surface area contributed by atoms with Gasteiger partial charge in [-0.3, -0.25) is 9.69 Å². The summed E-state index contributed by atoms with van der Waals surface area (Å²) in [5, 5.41) is 4.12. The molecule has 0 amide bonds. The van der Waals surface area contributed by atoms with Crippen LogP contribution in [0.5, 0.6) is 0 Å². The van der Waals surface area contributed by atoms with Crippen LogP contribution < -0.4 is 10.9 Å². The Balaban J connectivity index is 1.45. The minimum atomic E-state index is -0.163. The van der Waals surface area contributed by atoms with E-state index in [1.165, 1.54) is 43.1 Å². The van der Waals surface area contributed by atoms with Crippen molar-refractivity contribution in [2.75, 3.05) is 18.4 Å². The molecule has 2 N–H and O–H groups in total. The van der Waals surface area contributed by atoms with Crippen LogP contribution in [0.1, 0.15) is 36.9 Å². The van der Waals surface area contributed by atoms with Crippen LogP contribution in [-0.4, -0.2) is 32.9 Å². The van der Waals surface area contributed by atoms with Crippen LogP contribution >= 0.6 is 0 Å². The number of fused-ring (bicyclic) bond motifs is 1. The third-order valence-corrected chi connectivity index (χ3v) is 4.90. The first-order valence-corrected chi connectivity index (χ1v) is 9.11. The van der Waals surface area contributed by atoms with E-state index in [9.17, 15) is 4.79 Å². The summed E-state index contributed by atoms with van der Waals surface area (Å²) >= 11 is 0. The number of rotatable bonds is 5. The average molecular weight is 349 g/mol. The van der Waals surface area contributed by atoms with E-state index in [1.54, 1.807) is 12.3 Å². The Hall–Kier alpha value is -2.73. The normalized spacial score (nSPS) is 16.0. The molecule has 1 saturated heterocycles. The van der Waals surface area contributed by atoms with Crippen LogP contribution in [0.3, 0.4) is 0 Å². The van der Waals surface area contributed by atoms with Gasteiger partial charge >= 0.3 is 0 Å². The second-order valence-corrected chi connectivity index (χ2v) is 6.91. The molecular formula is C20H23N5O. The van der Waals surface area contributed by atoms with Gasteiger partial charge in [-0.25, -0.2) is 4.98 Å². The summed E-state index contributed by atoms with van der Waals surface area (Å²) in [5.74, 6) is 0.507. The molecular weight excluding hydrogens is 326 g/mol. The lowest BCUT2D eigenvalue weighted by atomic mass is 10.1. The van der Waals surface area contributed by atoms with E-state index in [4.69, 9.17) is 0 Å². The zero-order valence-corrected chi connectivity index (χ0v) is 14.9. The molecule has 0 bridgehead atoms. The molecule has 2 aromatic heterocycles. The van der Waals surface area contributed by atoms with Crippen LogP contribution in [0.25, 0.3) is 11.0 Å². The predicted molar refractivity (Wildman–Crippen MR) is 103 cm³/mol. The van der Waals surface area contributed by atoms with Crippen LogP contribution in [0.15, 0.2) is 47.4 Å². The van der Waals surface area contributed by atoms with E-state index in [2.05, 4.69) is 56.4 Å². The lowest BCUT2D eigenvalue weighted by Gasteiger charge is -2.17. The minimum absolute atomic E-state index is 0.0729. The summed E-state index contributed by atoms with van der Waals surface area (Å²) in [7, 11) is 0. The summed E-state index contributed by atoms with van der Waals surface area (Å²) in [6.07, 6.45) is 4.35. The standard InChI is InChI=1S/C20H23N5O/c1-14(16-6-4-15(5-7-16)13-25-10-2-3-11-25)22-20-21-12-17-8-9-18(26)23-19(17)24-20/h4-9,12,14H,2-3,10-11,13H2,1H3,(H2,21,22,23,24,26)/t14-/m0/s1. The highest BCUT2D eigenvalue weighted by molar-refractivity contribution is 5.74. The number of aromatic nitrogens is 3. The Morgan fingerprint density at radius 3 is 2.69 bits per heavy atom. The Kier molecular flexibility index (Phi) is 4.67. The van der Waals surface area contributed by atoms with Crippen molar-refractivity contribution in [2.45, 2.75) is 32.4 Å². The lowest BCUT2D eigenvalue weighted by Crippen LogP contribution is -2.18. The van der Waals surface area contributed by atoms with Gasteiger partial charge in [0.1, 0.15) is 5.65 Å². The number of hydrogen-bond acceptors (Lipinski definition) is 5. The van der Waals surface area contributed by atoms with E-state index in [0.717, 1.165) is 11.9 Å². The van der Waals surface area contributed by atoms with Crippen LogP contribution in [0.2, 0.25) is 0 Å². The highest BCUT2D eigenvalue weighted by Crippen LogP contribution is 2.20. The van der Waals surface area contributed by atoms with E-state index in [-0.39, 0.29) is 11.6 Å². The molecule has 1 aromatic carbocycles. The third-order valence-electron chi connectivity index (χ3n) is 4.90. The largest absolute Gasteiger partial charge is 0.348 e. The Morgan fingerprint density at radius 1 is 1.15 bits per heavy atom. The highest BCUT2D eigenvalue weighted by atomic mass is 16.1. The number of H-pyrrole nitrogens is 1. The fourth-order valence-electron chi connectivity index (χ4n) is 3.39. The first kappa shape index (κ1) is 16.7. The van der Waals surface area contributed by atoms with Crippen molar-refractivity contribution in [2.24, 2.45) is 0 Å². The van der Waals surface area contributed by atoms with Crippen molar-refractivity contribution in [1.82, 2.24) is 19.9 Å². The van der Waals surface area contributed by atoms with E-state index >= 15 is 0 Å². The second kappa shape index (κ2) is 7.25. The molecule has 26 heavy (non-hydrogen) atoms. The number of hydrogen-bond donors (Lipinski definition) is 2. The summed E-state index contributed by atoms with van der Waals surface area (Å²) in [6, 6.07) is 12.0. The molecule has 6 nitrogen and oxygen atoms in total. The van der Waals surface area contributed by atoms with Gasteiger partial charge in [-0.15, -0.1) is 0 Å². The van der Waals surface area contributed by atoms with E-state index in [0.29, 0.717) is 11.6 Å². The van der Waals surface area contributed by atoms with Gasteiger partial charge < -0.3 is 10.3 Å². The fraction of sp³-hybridized carbons (Fsp3) is 0.350. The van der Waals surface area contributed by atoms with E-state index in [1.807, 2.05) is 0 Å². The molecule has 1 aliphatic rings. The molecule has 0 aliphatic carbocycles. The predicted octanol–water partition coefficient (Wildman–Crippen LogP) is 3.09. The molecule has 3 heterocycles. The third kappa shape index (κ3) is 3.75. The number of pyridine rings is 1. The maximum absolute atomic E-state index is 11.5. The smallest absolute Gasteiger partial charge is 0.249 e. The Bertz CT molecular complexity index is 944. The van der Waals surface area contributed by atoms with Gasteiger partial charge in [0.25, 0.3) is 0 Å². The molecule has 0 spiro atoms. The average Bonchev–Trinajstić information content (AvgIpc) is 3.15. The maximum atomic E-state index is 11.5. The van der Waals surface area contributed by atoms with Crippen molar-refractivity contribution in [3.05, 3.63) is 64.1 Å². The Labute approximate surface area is 152 Å².